The van der Waals surface area contributed by atoms with Crippen LogP contribution in [0.3, 0.4) is 0 Å². The third kappa shape index (κ3) is 1.22. The Morgan fingerprint density at radius 3 is 3.06 bits per heavy atom. The number of aromatic nitrogens is 2. The fourth-order valence-electron chi connectivity index (χ4n) is 1.77. The minimum atomic E-state index is -1.14. The molecule has 1 aromatic carbocycles. The van der Waals surface area contributed by atoms with Crippen LogP contribution in [-0.4, -0.2) is 15.3 Å². The van der Waals surface area contributed by atoms with Crippen molar-refractivity contribution in [2.75, 3.05) is 0 Å². The second-order valence-electron chi connectivity index (χ2n) is 3.50. The van der Waals surface area contributed by atoms with Crippen molar-refractivity contribution in [3.63, 3.8) is 0 Å². The molecule has 1 aliphatic heterocycles. The fraction of sp³-hybridized carbons (Fsp3) is 0.0909. The van der Waals surface area contributed by atoms with E-state index in [9.17, 15) is 9.90 Å². The molecule has 1 aromatic heterocycles. The number of para-hydroxylation sites is 1. The molecule has 0 radical (unpaired) electrons. The third-order valence-corrected chi connectivity index (χ3v) is 2.48. The number of nitrogens with one attached hydrogen (secondary N) is 1. The van der Waals surface area contributed by atoms with Gasteiger partial charge < -0.3 is 9.84 Å². The highest BCUT2D eigenvalue weighted by molar-refractivity contribution is 5.71. The highest BCUT2D eigenvalue weighted by Gasteiger charge is 2.25. The van der Waals surface area contributed by atoms with Crippen molar-refractivity contribution < 1.29 is 9.84 Å². The first-order valence-corrected chi connectivity index (χ1v) is 4.79. The minimum absolute atomic E-state index is 0.360. The van der Waals surface area contributed by atoms with Crippen molar-refractivity contribution in [1.82, 2.24) is 10.2 Å². The van der Waals surface area contributed by atoms with E-state index < -0.39 is 6.29 Å². The van der Waals surface area contributed by atoms with Crippen molar-refractivity contribution >= 4 is 0 Å². The summed E-state index contributed by atoms with van der Waals surface area (Å²) in [6.45, 7) is 0. The molecule has 16 heavy (non-hydrogen) atoms. The van der Waals surface area contributed by atoms with Crippen LogP contribution in [0.4, 0.5) is 0 Å². The van der Waals surface area contributed by atoms with Crippen LogP contribution in [0.5, 0.6) is 5.75 Å². The van der Waals surface area contributed by atoms with Gasteiger partial charge in [0.25, 0.3) is 5.56 Å². The Morgan fingerprint density at radius 2 is 2.19 bits per heavy atom. The van der Waals surface area contributed by atoms with Gasteiger partial charge in [-0.15, -0.1) is 0 Å². The van der Waals surface area contributed by atoms with Gasteiger partial charge in [-0.05, 0) is 12.1 Å². The molecule has 0 saturated heterocycles. The van der Waals surface area contributed by atoms with Crippen LogP contribution < -0.4 is 10.3 Å². The summed E-state index contributed by atoms with van der Waals surface area (Å²) in [4.78, 5) is 11.1. The van der Waals surface area contributed by atoms with Crippen LogP contribution in [0.15, 0.2) is 35.1 Å². The van der Waals surface area contributed by atoms with E-state index in [-0.39, 0.29) is 5.56 Å². The van der Waals surface area contributed by atoms with E-state index in [2.05, 4.69) is 10.2 Å². The van der Waals surface area contributed by atoms with Crippen molar-refractivity contribution in [1.29, 1.82) is 0 Å². The van der Waals surface area contributed by atoms with Crippen LogP contribution in [0.1, 0.15) is 11.9 Å². The Morgan fingerprint density at radius 1 is 1.38 bits per heavy atom. The predicted octanol–water partition coefficient (Wildman–Crippen LogP) is 0.820. The van der Waals surface area contributed by atoms with E-state index in [0.29, 0.717) is 17.0 Å². The third-order valence-electron chi connectivity index (χ3n) is 2.48. The van der Waals surface area contributed by atoms with Crippen LogP contribution >= 0.6 is 0 Å². The van der Waals surface area contributed by atoms with Gasteiger partial charge >= 0.3 is 0 Å². The van der Waals surface area contributed by atoms with E-state index >= 15 is 0 Å². The quantitative estimate of drug-likeness (QED) is 0.683. The molecule has 1 unspecified atom stereocenters. The van der Waals surface area contributed by atoms with Crippen molar-refractivity contribution in [2.24, 2.45) is 0 Å². The van der Waals surface area contributed by atoms with Gasteiger partial charge in [0, 0.05) is 11.6 Å². The minimum Gasteiger partial charge on any atom is -0.460 e. The van der Waals surface area contributed by atoms with Crippen molar-refractivity contribution in [2.45, 2.75) is 6.29 Å². The molecule has 0 saturated carbocycles. The molecule has 2 N–H and O–H groups in total. The summed E-state index contributed by atoms with van der Waals surface area (Å²) in [5, 5.41) is 16.0. The number of nitrogens with zero attached hydrogens (tertiary/aromatic N) is 1. The highest BCUT2D eigenvalue weighted by atomic mass is 16.6. The molecule has 5 nitrogen and oxygen atoms in total. The largest absolute Gasteiger partial charge is 0.460 e. The number of aliphatic hydroxyl groups is 1. The highest BCUT2D eigenvalue weighted by Crippen LogP contribution is 2.38. The normalized spacial score (nSPS) is 17.2. The maximum atomic E-state index is 11.1. The average molecular weight is 216 g/mol. The van der Waals surface area contributed by atoms with Crippen molar-refractivity contribution in [3.8, 4) is 17.0 Å². The van der Waals surface area contributed by atoms with E-state index in [0.717, 1.165) is 5.56 Å². The van der Waals surface area contributed by atoms with E-state index in [1.165, 1.54) is 6.07 Å². The molecule has 5 heteroatoms. The van der Waals surface area contributed by atoms with Gasteiger partial charge in [0.2, 0.25) is 6.29 Å². The molecular weight excluding hydrogens is 208 g/mol. The van der Waals surface area contributed by atoms with Gasteiger partial charge in [0.1, 0.15) is 11.4 Å². The number of benzene rings is 1. The lowest BCUT2D eigenvalue weighted by atomic mass is 10.0. The summed E-state index contributed by atoms with van der Waals surface area (Å²) in [5.74, 6) is 0.557. The van der Waals surface area contributed by atoms with E-state index in [1.54, 1.807) is 6.07 Å². The Balaban J connectivity index is 2.32. The van der Waals surface area contributed by atoms with Gasteiger partial charge in [-0.3, -0.25) is 4.79 Å². The lowest BCUT2D eigenvalue weighted by molar-refractivity contribution is -0.0218. The molecule has 1 aliphatic rings. The average Bonchev–Trinajstić information content (AvgIpc) is 2.29. The summed E-state index contributed by atoms with van der Waals surface area (Å²) >= 11 is 0. The van der Waals surface area contributed by atoms with Gasteiger partial charge in [-0.2, -0.15) is 5.10 Å². The summed E-state index contributed by atoms with van der Waals surface area (Å²) in [5.41, 5.74) is 1.34. The molecule has 0 aliphatic carbocycles. The van der Waals surface area contributed by atoms with Crippen molar-refractivity contribution in [3.05, 3.63) is 46.2 Å². The smallest absolute Gasteiger partial charge is 0.264 e. The number of ether oxygens (including phenoxy) is 1. The van der Waals surface area contributed by atoms with E-state index in [4.69, 9.17) is 4.74 Å². The monoisotopic (exact) mass is 216 g/mol. The summed E-state index contributed by atoms with van der Waals surface area (Å²) in [7, 11) is 0. The maximum Gasteiger partial charge on any atom is 0.264 e. The topological polar surface area (TPSA) is 75.2 Å². The molecule has 2 heterocycles. The van der Waals surface area contributed by atoms with Gasteiger partial charge in [-0.1, -0.05) is 12.1 Å². The second kappa shape index (κ2) is 3.18. The van der Waals surface area contributed by atoms with Crippen LogP contribution in [0.25, 0.3) is 11.3 Å². The number of fused-ring (bicyclic) bond motifs is 3. The molecule has 80 valence electrons. The SMILES string of the molecule is O=c1cc2c(n[nH]1)-c1ccccc1OC2O. The molecule has 0 fully saturated rings. The molecule has 0 spiro atoms. The Labute approximate surface area is 90.3 Å². The molecular formula is C11H8N2O3. The molecule has 0 bridgehead atoms. The summed E-state index contributed by atoms with van der Waals surface area (Å²) in [6, 6.07) is 8.52. The number of aromatic amines is 1. The molecule has 2 aromatic rings. The fourth-order valence-corrected chi connectivity index (χ4v) is 1.77. The van der Waals surface area contributed by atoms with E-state index in [1.807, 2.05) is 18.2 Å². The zero-order valence-electron chi connectivity index (χ0n) is 8.18. The zero-order chi connectivity index (χ0) is 11.1. The van der Waals surface area contributed by atoms with Crippen LogP contribution in [0, 0.1) is 0 Å². The number of hydrogen-bond acceptors (Lipinski definition) is 4. The predicted molar refractivity (Wildman–Crippen MR) is 55.9 cm³/mol. The number of rotatable bonds is 0. The molecule has 0 amide bonds. The van der Waals surface area contributed by atoms with Gasteiger partial charge in [-0.25, -0.2) is 5.10 Å². The van der Waals surface area contributed by atoms with Crippen LogP contribution in [-0.2, 0) is 0 Å². The first-order valence-electron chi connectivity index (χ1n) is 4.79. The lowest BCUT2D eigenvalue weighted by Gasteiger charge is -2.23. The lowest BCUT2D eigenvalue weighted by Crippen LogP contribution is -2.19. The standard InChI is InChI=1S/C11H8N2O3/c14-9-5-7-10(13-12-9)6-3-1-2-4-8(6)16-11(7)15/h1-5,11,15H,(H,12,14). The molecule has 1 atom stereocenters. The number of H-pyrrole nitrogens is 1. The second-order valence-corrected chi connectivity index (χ2v) is 3.50. The van der Waals surface area contributed by atoms with Gasteiger partial charge in [0.15, 0.2) is 0 Å². The summed E-state index contributed by atoms with van der Waals surface area (Å²) in [6.07, 6.45) is -1.14. The zero-order valence-corrected chi connectivity index (χ0v) is 8.18. The van der Waals surface area contributed by atoms with Crippen LogP contribution in [0.2, 0.25) is 0 Å². The number of aliphatic hydroxyl groups excluding tert-OH is 1. The maximum absolute atomic E-state index is 11.1. The Bertz CT molecular complexity index is 606. The molecule has 3 rings (SSSR count). The number of hydrogen-bond donors (Lipinski definition) is 2. The first-order chi connectivity index (χ1) is 7.75. The Hall–Kier alpha value is -2.14. The summed E-state index contributed by atoms with van der Waals surface area (Å²) < 4.78 is 5.28. The Kier molecular flexibility index (Phi) is 1.81. The van der Waals surface area contributed by atoms with Gasteiger partial charge in [0.05, 0.1) is 5.56 Å². The first kappa shape index (κ1) is 9.11.